The van der Waals surface area contributed by atoms with Gasteiger partial charge < -0.3 is 5.32 Å². The van der Waals surface area contributed by atoms with Gasteiger partial charge in [0.1, 0.15) is 5.69 Å². The predicted octanol–water partition coefficient (Wildman–Crippen LogP) is 2.27. The van der Waals surface area contributed by atoms with Gasteiger partial charge in [-0.05, 0) is 31.2 Å². The fourth-order valence-corrected chi connectivity index (χ4v) is 2.56. The third-order valence-corrected chi connectivity index (χ3v) is 3.96. The Morgan fingerprint density at radius 1 is 1.47 bits per heavy atom. The number of aromatic amines is 1. The number of hydrogen-bond donors (Lipinski definition) is 2. The highest BCUT2D eigenvalue weighted by atomic mass is 16.2. The summed E-state index contributed by atoms with van der Waals surface area (Å²) >= 11 is 0. The van der Waals surface area contributed by atoms with E-state index in [1.807, 2.05) is 6.92 Å². The van der Waals surface area contributed by atoms with Crippen LogP contribution in [-0.4, -0.2) is 22.1 Å². The normalized spacial score (nSPS) is 29.0. The monoisotopic (exact) mass is 235 g/mol. The number of hydrogen-bond acceptors (Lipinski definition) is 2. The average Bonchev–Trinajstić information content (AvgIpc) is 2.72. The van der Waals surface area contributed by atoms with E-state index >= 15 is 0 Å². The molecular weight excluding hydrogens is 214 g/mol. The molecule has 1 aliphatic rings. The van der Waals surface area contributed by atoms with E-state index < -0.39 is 0 Å². The summed E-state index contributed by atoms with van der Waals surface area (Å²) in [4.78, 5) is 12.0. The second-order valence-corrected chi connectivity index (χ2v) is 5.28. The Morgan fingerprint density at radius 3 is 2.88 bits per heavy atom. The van der Waals surface area contributed by atoms with Gasteiger partial charge in [-0.15, -0.1) is 0 Å². The molecular formula is C13H21N3O. The molecule has 1 heterocycles. The lowest BCUT2D eigenvalue weighted by atomic mass is 9.78. The van der Waals surface area contributed by atoms with Crippen LogP contribution >= 0.6 is 0 Å². The highest BCUT2D eigenvalue weighted by Gasteiger charge is 2.28. The van der Waals surface area contributed by atoms with Gasteiger partial charge in [-0.2, -0.15) is 5.10 Å². The van der Waals surface area contributed by atoms with Crippen LogP contribution in [-0.2, 0) is 0 Å². The van der Waals surface area contributed by atoms with Crippen LogP contribution in [0.4, 0.5) is 0 Å². The van der Waals surface area contributed by atoms with Crippen LogP contribution in [0.2, 0.25) is 0 Å². The standard InChI is InChI=1S/C13H21N3O/c1-8-5-4-6-11(10(8)3)14-13(17)12-7-9(2)15-16-12/h7-8,10-11H,4-6H2,1-3H3,(H,14,17)(H,15,16). The fourth-order valence-electron chi connectivity index (χ4n) is 2.56. The van der Waals surface area contributed by atoms with Crippen molar-refractivity contribution in [2.24, 2.45) is 11.8 Å². The lowest BCUT2D eigenvalue weighted by molar-refractivity contribution is 0.0886. The van der Waals surface area contributed by atoms with Gasteiger partial charge in [0.15, 0.2) is 0 Å². The minimum atomic E-state index is -0.0553. The van der Waals surface area contributed by atoms with E-state index in [1.165, 1.54) is 12.8 Å². The maximum Gasteiger partial charge on any atom is 0.272 e. The van der Waals surface area contributed by atoms with Gasteiger partial charge in [-0.3, -0.25) is 9.89 Å². The van der Waals surface area contributed by atoms with Crippen molar-refractivity contribution in [2.45, 2.75) is 46.1 Å². The van der Waals surface area contributed by atoms with Crippen molar-refractivity contribution in [1.29, 1.82) is 0 Å². The zero-order chi connectivity index (χ0) is 12.4. The number of H-pyrrole nitrogens is 1. The van der Waals surface area contributed by atoms with Gasteiger partial charge in [0, 0.05) is 11.7 Å². The Kier molecular flexibility index (Phi) is 3.50. The Balaban J connectivity index is 1.98. The molecule has 94 valence electrons. The lowest BCUT2D eigenvalue weighted by Crippen LogP contribution is -2.43. The van der Waals surface area contributed by atoms with Gasteiger partial charge in [0.05, 0.1) is 0 Å². The molecule has 2 N–H and O–H groups in total. The van der Waals surface area contributed by atoms with Crippen LogP contribution in [0, 0.1) is 18.8 Å². The fraction of sp³-hybridized carbons (Fsp3) is 0.692. The van der Waals surface area contributed by atoms with Gasteiger partial charge in [0.2, 0.25) is 0 Å². The number of aromatic nitrogens is 2. The molecule has 0 aromatic carbocycles. The highest BCUT2D eigenvalue weighted by Crippen LogP contribution is 2.29. The van der Waals surface area contributed by atoms with E-state index in [0.717, 1.165) is 12.1 Å². The molecule has 1 amide bonds. The molecule has 2 rings (SSSR count). The first-order chi connectivity index (χ1) is 8.08. The molecule has 0 saturated heterocycles. The summed E-state index contributed by atoms with van der Waals surface area (Å²) in [6.07, 6.45) is 3.56. The Morgan fingerprint density at radius 2 is 2.24 bits per heavy atom. The molecule has 0 aliphatic heterocycles. The first-order valence-electron chi connectivity index (χ1n) is 6.41. The van der Waals surface area contributed by atoms with E-state index in [0.29, 0.717) is 23.6 Å². The highest BCUT2D eigenvalue weighted by molar-refractivity contribution is 5.92. The summed E-state index contributed by atoms with van der Waals surface area (Å²) in [5.41, 5.74) is 1.41. The van der Waals surface area contributed by atoms with Crippen molar-refractivity contribution in [1.82, 2.24) is 15.5 Å². The first kappa shape index (κ1) is 12.1. The summed E-state index contributed by atoms with van der Waals surface area (Å²) in [6.45, 7) is 6.39. The smallest absolute Gasteiger partial charge is 0.272 e. The average molecular weight is 235 g/mol. The number of aryl methyl sites for hydroxylation is 1. The molecule has 0 radical (unpaired) electrons. The largest absolute Gasteiger partial charge is 0.348 e. The van der Waals surface area contributed by atoms with Crippen molar-refractivity contribution >= 4 is 5.91 Å². The van der Waals surface area contributed by atoms with Crippen molar-refractivity contribution < 1.29 is 4.79 Å². The molecule has 1 aliphatic carbocycles. The second kappa shape index (κ2) is 4.90. The predicted molar refractivity (Wildman–Crippen MR) is 66.8 cm³/mol. The van der Waals surface area contributed by atoms with Crippen LogP contribution in [0.1, 0.15) is 49.3 Å². The van der Waals surface area contributed by atoms with E-state index in [1.54, 1.807) is 6.07 Å². The van der Waals surface area contributed by atoms with Gasteiger partial charge in [-0.1, -0.05) is 26.7 Å². The maximum absolute atomic E-state index is 12.0. The third-order valence-electron chi connectivity index (χ3n) is 3.96. The zero-order valence-electron chi connectivity index (χ0n) is 10.8. The summed E-state index contributed by atoms with van der Waals surface area (Å²) in [5.74, 6) is 1.18. The van der Waals surface area contributed by atoms with Crippen molar-refractivity contribution in [2.75, 3.05) is 0 Å². The Bertz CT molecular complexity index is 399. The molecule has 0 bridgehead atoms. The minimum Gasteiger partial charge on any atom is -0.348 e. The van der Waals surface area contributed by atoms with Gasteiger partial charge in [0.25, 0.3) is 5.91 Å². The number of carbonyl (C=O) groups excluding carboxylic acids is 1. The number of nitrogens with zero attached hydrogens (tertiary/aromatic N) is 1. The van der Waals surface area contributed by atoms with Crippen molar-refractivity contribution in [3.8, 4) is 0 Å². The summed E-state index contributed by atoms with van der Waals surface area (Å²) < 4.78 is 0. The molecule has 4 nitrogen and oxygen atoms in total. The summed E-state index contributed by atoms with van der Waals surface area (Å²) in [5, 5.41) is 9.89. The molecule has 1 aromatic heterocycles. The van der Waals surface area contributed by atoms with E-state index in [-0.39, 0.29) is 5.91 Å². The molecule has 3 atom stereocenters. The number of carbonyl (C=O) groups is 1. The summed E-state index contributed by atoms with van der Waals surface area (Å²) in [7, 11) is 0. The molecule has 17 heavy (non-hydrogen) atoms. The van der Waals surface area contributed by atoms with Crippen LogP contribution in [0.3, 0.4) is 0 Å². The topological polar surface area (TPSA) is 57.8 Å². The van der Waals surface area contributed by atoms with Crippen molar-refractivity contribution in [3.05, 3.63) is 17.5 Å². The van der Waals surface area contributed by atoms with Crippen molar-refractivity contribution in [3.63, 3.8) is 0 Å². The maximum atomic E-state index is 12.0. The van der Waals surface area contributed by atoms with Gasteiger partial charge in [-0.25, -0.2) is 0 Å². The molecule has 1 saturated carbocycles. The van der Waals surface area contributed by atoms with Crippen LogP contribution in [0.5, 0.6) is 0 Å². The quantitative estimate of drug-likeness (QED) is 0.826. The first-order valence-corrected chi connectivity index (χ1v) is 6.41. The summed E-state index contributed by atoms with van der Waals surface area (Å²) in [6, 6.07) is 2.08. The molecule has 1 aromatic rings. The molecule has 3 unspecified atom stereocenters. The van der Waals surface area contributed by atoms with E-state index in [2.05, 4.69) is 29.4 Å². The number of rotatable bonds is 2. The molecule has 0 spiro atoms. The van der Waals surface area contributed by atoms with E-state index in [4.69, 9.17) is 0 Å². The lowest BCUT2D eigenvalue weighted by Gasteiger charge is -2.34. The van der Waals surface area contributed by atoms with Crippen LogP contribution < -0.4 is 5.32 Å². The Hall–Kier alpha value is -1.32. The SMILES string of the molecule is Cc1cc(C(=O)NC2CCCC(C)C2C)n[nH]1. The third kappa shape index (κ3) is 2.68. The number of amides is 1. The molecule has 4 heteroatoms. The van der Waals surface area contributed by atoms with Crippen LogP contribution in [0.25, 0.3) is 0 Å². The Labute approximate surface area is 102 Å². The van der Waals surface area contributed by atoms with Crippen LogP contribution in [0.15, 0.2) is 6.07 Å². The van der Waals surface area contributed by atoms with Gasteiger partial charge >= 0.3 is 0 Å². The molecule has 1 fully saturated rings. The number of nitrogens with one attached hydrogen (secondary N) is 2. The zero-order valence-corrected chi connectivity index (χ0v) is 10.8. The minimum absolute atomic E-state index is 0.0553. The van der Waals surface area contributed by atoms with E-state index in [9.17, 15) is 4.79 Å². The second-order valence-electron chi connectivity index (χ2n) is 5.28.